The van der Waals surface area contributed by atoms with Crippen LogP contribution in [0.2, 0.25) is 0 Å². The van der Waals surface area contributed by atoms with Crippen LogP contribution in [0.25, 0.3) is 0 Å². The van der Waals surface area contributed by atoms with Gasteiger partial charge in [-0.15, -0.1) is 0 Å². The summed E-state index contributed by atoms with van der Waals surface area (Å²) >= 11 is 0. The van der Waals surface area contributed by atoms with E-state index >= 15 is 0 Å². The van der Waals surface area contributed by atoms with Gasteiger partial charge in [-0.2, -0.15) is 0 Å². The van der Waals surface area contributed by atoms with E-state index in [1.54, 1.807) is 0 Å². The predicted molar refractivity (Wildman–Crippen MR) is 36.0 cm³/mol. The first-order chi connectivity index (χ1) is 5.51. The molecule has 6 heteroatoms. The van der Waals surface area contributed by atoms with Gasteiger partial charge in [-0.05, 0) is 0 Å². The summed E-state index contributed by atoms with van der Waals surface area (Å²) in [6, 6.07) is 0. The molecule has 72 valence electrons. The molecule has 0 aromatic rings. The Balaban J connectivity index is 2.71. The van der Waals surface area contributed by atoms with Crippen molar-refractivity contribution < 1.29 is 30.3 Å². The summed E-state index contributed by atoms with van der Waals surface area (Å²) in [4.78, 5) is 0. The second-order valence-electron chi connectivity index (χ2n) is 2.82. The maximum Gasteiger partial charge on any atom is 0.218 e. The molecular formula is C6H12O6. The summed E-state index contributed by atoms with van der Waals surface area (Å²) in [6.07, 6.45) is -4.45. The minimum Gasteiger partial charge on any atom is -0.391 e. The van der Waals surface area contributed by atoms with Crippen molar-refractivity contribution in [1.29, 1.82) is 0 Å². The molecule has 12 heavy (non-hydrogen) atoms. The molecule has 1 rings (SSSR count). The third kappa shape index (κ3) is 1.45. The third-order valence-electron chi connectivity index (χ3n) is 1.91. The van der Waals surface area contributed by atoms with Crippen LogP contribution in [0.5, 0.6) is 0 Å². The summed E-state index contributed by atoms with van der Waals surface area (Å²) in [5.74, 6) is -2.17. The SMILES string of the molecule is O[13CH2][C@@]1(O)OC[C@@H](O)[C@@H](O)[C@@H]1O. The highest BCUT2D eigenvalue weighted by Gasteiger charge is 2.47. The molecule has 1 saturated heterocycles. The lowest BCUT2D eigenvalue weighted by Gasteiger charge is -2.40. The van der Waals surface area contributed by atoms with Crippen molar-refractivity contribution in [1.82, 2.24) is 0 Å². The summed E-state index contributed by atoms with van der Waals surface area (Å²) in [5, 5.41) is 45.0. The largest absolute Gasteiger partial charge is 0.391 e. The lowest BCUT2D eigenvalue weighted by Crippen LogP contribution is -2.62. The first kappa shape index (κ1) is 9.85. The molecule has 5 N–H and O–H groups in total. The molecule has 0 bridgehead atoms. The molecule has 4 atom stereocenters. The van der Waals surface area contributed by atoms with E-state index in [9.17, 15) is 5.11 Å². The number of rotatable bonds is 1. The van der Waals surface area contributed by atoms with Crippen molar-refractivity contribution in [2.45, 2.75) is 24.1 Å². The van der Waals surface area contributed by atoms with Gasteiger partial charge in [0.25, 0.3) is 0 Å². The van der Waals surface area contributed by atoms with Crippen LogP contribution in [0.15, 0.2) is 0 Å². The van der Waals surface area contributed by atoms with Crippen molar-refractivity contribution >= 4 is 0 Å². The Bertz CT molecular complexity index is 162. The van der Waals surface area contributed by atoms with Gasteiger partial charge >= 0.3 is 0 Å². The van der Waals surface area contributed by atoms with Crippen molar-refractivity contribution in [2.24, 2.45) is 0 Å². The molecule has 6 nitrogen and oxygen atoms in total. The molecule has 1 heterocycles. The molecule has 0 amide bonds. The van der Waals surface area contributed by atoms with Crippen LogP contribution >= 0.6 is 0 Å². The number of aliphatic hydroxyl groups is 5. The summed E-state index contributed by atoms with van der Waals surface area (Å²) in [5.41, 5.74) is 0. The Morgan fingerprint density at radius 3 is 2.42 bits per heavy atom. The Morgan fingerprint density at radius 2 is 1.92 bits per heavy atom. The fourth-order valence-corrected chi connectivity index (χ4v) is 1.03. The fourth-order valence-electron chi connectivity index (χ4n) is 1.03. The Morgan fingerprint density at radius 1 is 1.33 bits per heavy atom. The van der Waals surface area contributed by atoms with E-state index < -0.39 is 30.7 Å². The second-order valence-corrected chi connectivity index (χ2v) is 2.82. The van der Waals surface area contributed by atoms with E-state index in [4.69, 9.17) is 20.4 Å². The monoisotopic (exact) mass is 181 g/mol. The summed E-state index contributed by atoms with van der Waals surface area (Å²) in [6.45, 7) is -1.16. The molecule has 0 spiro atoms. The highest BCUT2D eigenvalue weighted by Crippen LogP contribution is 2.22. The van der Waals surface area contributed by atoms with Crippen molar-refractivity contribution in [3.8, 4) is 0 Å². The lowest BCUT2D eigenvalue weighted by atomic mass is 10.0. The minimum absolute atomic E-state index is 0.324. The topological polar surface area (TPSA) is 110 Å². The first-order valence-corrected chi connectivity index (χ1v) is 3.52. The minimum atomic E-state index is -2.17. The van der Waals surface area contributed by atoms with Gasteiger partial charge in [0.05, 0.1) is 13.2 Å². The van der Waals surface area contributed by atoms with Gasteiger partial charge in [-0.3, -0.25) is 0 Å². The zero-order valence-corrected chi connectivity index (χ0v) is 6.29. The number of hydrogen-bond donors (Lipinski definition) is 5. The molecule has 1 aliphatic heterocycles. The van der Waals surface area contributed by atoms with Crippen molar-refractivity contribution in [3.63, 3.8) is 0 Å². The van der Waals surface area contributed by atoms with Gasteiger partial charge in [0, 0.05) is 0 Å². The second kappa shape index (κ2) is 3.25. The van der Waals surface area contributed by atoms with Crippen LogP contribution in [0, 0.1) is 0 Å². The fraction of sp³-hybridized carbons (Fsp3) is 1.00. The predicted octanol–water partition coefficient (Wildman–Crippen LogP) is -3.22. The molecule has 0 aliphatic carbocycles. The van der Waals surface area contributed by atoms with E-state index in [0.29, 0.717) is 0 Å². The average Bonchev–Trinajstić information content (AvgIpc) is 2.09. The van der Waals surface area contributed by atoms with Crippen molar-refractivity contribution in [2.75, 3.05) is 13.2 Å². The Hall–Kier alpha value is -0.240. The maximum atomic E-state index is 9.24. The van der Waals surface area contributed by atoms with Gasteiger partial charge in [0.15, 0.2) is 0 Å². The normalized spacial score (nSPS) is 49.2. The molecule has 0 saturated carbocycles. The van der Waals surface area contributed by atoms with Crippen LogP contribution in [-0.4, -0.2) is 62.8 Å². The van der Waals surface area contributed by atoms with Gasteiger partial charge in [0.2, 0.25) is 5.79 Å². The van der Waals surface area contributed by atoms with Gasteiger partial charge < -0.3 is 30.3 Å². The summed E-state index contributed by atoms with van der Waals surface area (Å²) in [7, 11) is 0. The highest BCUT2D eigenvalue weighted by molar-refractivity contribution is 4.90. The molecule has 0 aromatic carbocycles. The van der Waals surface area contributed by atoms with Gasteiger partial charge in [-0.25, -0.2) is 0 Å². The van der Waals surface area contributed by atoms with E-state index in [0.717, 1.165) is 0 Å². The van der Waals surface area contributed by atoms with E-state index in [1.807, 2.05) is 0 Å². The molecule has 1 fully saturated rings. The van der Waals surface area contributed by atoms with Crippen LogP contribution < -0.4 is 0 Å². The standard InChI is InChI=1S/C6H12O6/c7-2-6(11)5(10)4(9)3(8)1-12-6/h3-5,7-11H,1-2H2/t3-,4-,5+,6-/m1/s1/i2+1. The maximum absolute atomic E-state index is 9.24. The van der Waals surface area contributed by atoms with E-state index in [2.05, 4.69) is 4.74 Å². The van der Waals surface area contributed by atoms with Crippen LogP contribution in [-0.2, 0) is 4.74 Å². The van der Waals surface area contributed by atoms with Crippen LogP contribution in [0.1, 0.15) is 0 Å². The molecule has 1 aliphatic rings. The highest BCUT2D eigenvalue weighted by atomic mass is 16.7. The molecular weight excluding hydrogens is 169 g/mol. The summed E-state index contributed by atoms with van der Waals surface area (Å²) < 4.78 is 4.56. The Kier molecular flexibility index (Phi) is 2.67. The van der Waals surface area contributed by atoms with Crippen molar-refractivity contribution in [3.05, 3.63) is 0 Å². The lowest BCUT2D eigenvalue weighted by molar-refractivity contribution is -0.331. The molecule has 0 unspecified atom stereocenters. The zero-order valence-electron chi connectivity index (χ0n) is 6.29. The molecule has 0 radical (unpaired) electrons. The number of hydrogen-bond acceptors (Lipinski definition) is 6. The van der Waals surface area contributed by atoms with Crippen LogP contribution in [0.4, 0.5) is 0 Å². The van der Waals surface area contributed by atoms with Crippen LogP contribution in [0.3, 0.4) is 0 Å². The van der Waals surface area contributed by atoms with Gasteiger partial charge in [-0.1, -0.05) is 0 Å². The van der Waals surface area contributed by atoms with E-state index in [-0.39, 0.29) is 6.61 Å². The average molecular weight is 181 g/mol. The quantitative estimate of drug-likeness (QED) is 0.272. The third-order valence-corrected chi connectivity index (χ3v) is 1.91. The smallest absolute Gasteiger partial charge is 0.218 e. The number of ether oxygens (including phenoxy) is 1. The van der Waals surface area contributed by atoms with E-state index in [1.165, 1.54) is 0 Å². The van der Waals surface area contributed by atoms with Gasteiger partial charge in [0.1, 0.15) is 18.3 Å². The number of aliphatic hydroxyl groups excluding tert-OH is 4. The zero-order chi connectivity index (χ0) is 9.35. The molecule has 0 aromatic heterocycles. The Labute approximate surface area is 68.6 Å². The first-order valence-electron chi connectivity index (χ1n) is 3.52.